The summed E-state index contributed by atoms with van der Waals surface area (Å²) in [5.74, 6) is -0.160. The van der Waals surface area contributed by atoms with E-state index >= 15 is 0 Å². The number of halogens is 1. The van der Waals surface area contributed by atoms with Gasteiger partial charge in [-0.05, 0) is 18.2 Å². The molecule has 0 unspecified atom stereocenters. The van der Waals surface area contributed by atoms with Crippen LogP contribution in [0.1, 0.15) is 0 Å². The molecule has 3 N–H and O–H groups in total. The van der Waals surface area contributed by atoms with Gasteiger partial charge in [0.25, 0.3) is 5.56 Å². The first-order chi connectivity index (χ1) is 12.2. The molecule has 0 saturated carbocycles. The van der Waals surface area contributed by atoms with Gasteiger partial charge in [0.2, 0.25) is 5.91 Å². The molecule has 2 rings (SSSR count). The molecule has 0 aliphatic heterocycles. The molecule has 1 heterocycles. The number of nitrogen functional groups attached to an aromatic ring is 1. The van der Waals surface area contributed by atoms with Crippen LogP contribution in [0.3, 0.4) is 0 Å². The molecule has 1 aromatic carbocycles. The molecule has 0 spiro atoms. The molecule has 0 fully saturated rings. The lowest BCUT2D eigenvalue weighted by molar-refractivity contribution is -0.116. The summed E-state index contributed by atoms with van der Waals surface area (Å²) in [7, 11) is 6.12. The Kier molecular flexibility index (Phi) is 5.61. The molecule has 26 heavy (non-hydrogen) atoms. The minimum atomic E-state index is -0.689. The summed E-state index contributed by atoms with van der Waals surface area (Å²) in [4.78, 5) is 38.8. The Morgan fingerprint density at radius 2 is 2.00 bits per heavy atom. The summed E-state index contributed by atoms with van der Waals surface area (Å²) in [5.41, 5.74) is 4.96. The molecule has 0 bridgehead atoms. The van der Waals surface area contributed by atoms with Crippen molar-refractivity contribution in [3.05, 3.63) is 44.1 Å². The van der Waals surface area contributed by atoms with E-state index in [1.54, 1.807) is 26.2 Å². The van der Waals surface area contributed by atoms with Crippen LogP contribution in [-0.2, 0) is 18.4 Å². The maximum Gasteiger partial charge on any atom is 0.332 e. The van der Waals surface area contributed by atoms with Gasteiger partial charge in [0.05, 0.1) is 12.8 Å². The fourth-order valence-corrected chi connectivity index (χ4v) is 2.61. The van der Waals surface area contributed by atoms with Gasteiger partial charge in [0.15, 0.2) is 0 Å². The largest absolute Gasteiger partial charge is 0.495 e. The summed E-state index contributed by atoms with van der Waals surface area (Å²) in [6, 6.07) is 4.71. The Hall–Kier alpha value is -2.94. The first kappa shape index (κ1) is 19.4. The molecule has 1 amide bonds. The number of carbonyl (C=O) groups is 1. The highest BCUT2D eigenvalue weighted by molar-refractivity contribution is 6.31. The van der Waals surface area contributed by atoms with Gasteiger partial charge in [0, 0.05) is 26.2 Å². The van der Waals surface area contributed by atoms with Gasteiger partial charge in [0.1, 0.15) is 23.8 Å². The molecule has 10 heteroatoms. The predicted molar refractivity (Wildman–Crippen MR) is 101 cm³/mol. The highest BCUT2D eigenvalue weighted by Gasteiger charge is 2.19. The van der Waals surface area contributed by atoms with Crippen LogP contribution in [0.5, 0.6) is 5.75 Å². The third kappa shape index (κ3) is 3.67. The molecule has 0 aliphatic rings. The highest BCUT2D eigenvalue weighted by Crippen LogP contribution is 2.27. The molecule has 1 aromatic heterocycles. The summed E-state index contributed by atoms with van der Waals surface area (Å²) >= 11 is 5.93. The minimum Gasteiger partial charge on any atom is -0.495 e. The number of anilines is 3. The van der Waals surface area contributed by atoms with Crippen LogP contribution in [0.2, 0.25) is 5.02 Å². The Labute approximate surface area is 154 Å². The fraction of sp³-hybridized carbons (Fsp3) is 0.312. The lowest BCUT2D eigenvalue weighted by atomic mass is 10.3. The van der Waals surface area contributed by atoms with E-state index in [0.29, 0.717) is 16.5 Å². The summed E-state index contributed by atoms with van der Waals surface area (Å²) in [6.45, 7) is -0.484. The second kappa shape index (κ2) is 7.52. The first-order valence-corrected chi connectivity index (χ1v) is 7.95. The summed E-state index contributed by atoms with van der Waals surface area (Å²) in [6.07, 6.45) is 0. The molecule has 140 valence electrons. The topological polar surface area (TPSA) is 112 Å². The zero-order valence-corrected chi connectivity index (χ0v) is 15.6. The van der Waals surface area contributed by atoms with E-state index in [-0.39, 0.29) is 11.5 Å². The molecule has 0 aliphatic carbocycles. The standard InChI is InChI=1S/C16H20ClN5O4/c1-20(2)13-14(18)21(3)16(25)22(15(13)24)8-12(23)19-10-7-9(17)5-6-11(10)26-4/h5-7H,8,18H2,1-4H3,(H,19,23). The van der Waals surface area contributed by atoms with Crippen LogP contribution < -0.4 is 31.9 Å². The van der Waals surface area contributed by atoms with E-state index in [1.807, 2.05) is 0 Å². The van der Waals surface area contributed by atoms with Crippen LogP contribution in [0.15, 0.2) is 27.8 Å². The van der Waals surface area contributed by atoms with Gasteiger partial charge in [-0.1, -0.05) is 11.6 Å². The number of ether oxygens (including phenoxy) is 1. The third-order valence-electron chi connectivity index (χ3n) is 3.75. The van der Waals surface area contributed by atoms with Crippen molar-refractivity contribution in [1.82, 2.24) is 9.13 Å². The Morgan fingerprint density at radius 3 is 2.58 bits per heavy atom. The SMILES string of the molecule is COc1ccc(Cl)cc1NC(=O)Cn1c(=O)c(N(C)C)c(N)n(C)c1=O. The molecule has 0 saturated heterocycles. The Morgan fingerprint density at radius 1 is 1.35 bits per heavy atom. The smallest absolute Gasteiger partial charge is 0.332 e. The van der Waals surface area contributed by atoms with Crippen LogP contribution in [0.4, 0.5) is 17.2 Å². The zero-order chi connectivity index (χ0) is 19.6. The van der Waals surface area contributed by atoms with Crippen molar-refractivity contribution in [3.63, 3.8) is 0 Å². The number of benzene rings is 1. The summed E-state index contributed by atoms with van der Waals surface area (Å²) < 4.78 is 7.09. The molecule has 0 radical (unpaired) electrons. The predicted octanol–water partition coefficient (Wildman–Crippen LogP) is 0.496. The van der Waals surface area contributed by atoms with E-state index in [4.69, 9.17) is 22.1 Å². The number of nitrogens with zero attached hydrogens (tertiary/aromatic N) is 3. The third-order valence-corrected chi connectivity index (χ3v) is 3.99. The van der Waals surface area contributed by atoms with Crippen molar-refractivity contribution in [2.45, 2.75) is 6.54 Å². The van der Waals surface area contributed by atoms with Gasteiger partial charge >= 0.3 is 5.69 Å². The number of amides is 1. The average Bonchev–Trinajstić information content (AvgIpc) is 2.57. The van der Waals surface area contributed by atoms with E-state index < -0.39 is 23.7 Å². The number of carbonyl (C=O) groups excluding carboxylic acids is 1. The van der Waals surface area contributed by atoms with Crippen LogP contribution in [-0.4, -0.2) is 36.2 Å². The van der Waals surface area contributed by atoms with Crippen molar-refractivity contribution in [3.8, 4) is 5.75 Å². The van der Waals surface area contributed by atoms with Crippen LogP contribution in [0.25, 0.3) is 0 Å². The average molecular weight is 382 g/mol. The van der Waals surface area contributed by atoms with Gasteiger partial charge in [-0.15, -0.1) is 0 Å². The molecule has 9 nitrogen and oxygen atoms in total. The number of nitrogens with two attached hydrogens (primary N) is 1. The maximum atomic E-state index is 12.6. The molecular weight excluding hydrogens is 362 g/mol. The number of hydrogen-bond acceptors (Lipinski definition) is 6. The number of aromatic nitrogens is 2. The van der Waals surface area contributed by atoms with Crippen molar-refractivity contribution in [2.75, 3.05) is 37.2 Å². The van der Waals surface area contributed by atoms with Gasteiger partial charge in [-0.25, -0.2) is 9.36 Å². The zero-order valence-electron chi connectivity index (χ0n) is 14.9. The number of hydrogen-bond donors (Lipinski definition) is 2. The quantitative estimate of drug-likeness (QED) is 0.779. The first-order valence-electron chi connectivity index (χ1n) is 7.57. The normalized spacial score (nSPS) is 10.5. The Balaban J connectivity index is 2.40. The highest BCUT2D eigenvalue weighted by atomic mass is 35.5. The second-order valence-corrected chi connectivity index (χ2v) is 6.19. The van der Waals surface area contributed by atoms with Gasteiger partial charge in [-0.3, -0.25) is 14.2 Å². The lowest BCUT2D eigenvalue weighted by Gasteiger charge is -2.18. The number of nitrogens with one attached hydrogen (secondary N) is 1. The monoisotopic (exact) mass is 381 g/mol. The minimum absolute atomic E-state index is 0.0261. The van der Waals surface area contributed by atoms with Crippen molar-refractivity contribution in [1.29, 1.82) is 0 Å². The van der Waals surface area contributed by atoms with Crippen molar-refractivity contribution >= 4 is 34.7 Å². The van der Waals surface area contributed by atoms with Crippen LogP contribution >= 0.6 is 11.6 Å². The number of methoxy groups -OCH3 is 1. The molecule has 0 atom stereocenters. The van der Waals surface area contributed by atoms with Gasteiger partial charge in [-0.2, -0.15) is 0 Å². The molecule has 2 aromatic rings. The van der Waals surface area contributed by atoms with E-state index in [9.17, 15) is 14.4 Å². The second-order valence-electron chi connectivity index (χ2n) is 5.75. The van der Waals surface area contributed by atoms with Crippen molar-refractivity contribution < 1.29 is 9.53 Å². The van der Waals surface area contributed by atoms with Crippen LogP contribution in [0, 0.1) is 0 Å². The van der Waals surface area contributed by atoms with E-state index in [1.165, 1.54) is 25.1 Å². The molecular formula is C16H20ClN5O4. The number of rotatable bonds is 5. The Bertz CT molecular complexity index is 964. The van der Waals surface area contributed by atoms with E-state index in [2.05, 4.69) is 5.32 Å². The lowest BCUT2D eigenvalue weighted by Crippen LogP contribution is -2.44. The van der Waals surface area contributed by atoms with Gasteiger partial charge < -0.3 is 20.7 Å². The fourth-order valence-electron chi connectivity index (χ4n) is 2.44. The van der Waals surface area contributed by atoms with E-state index in [0.717, 1.165) is 9.13 Å². The maximum absolute atomic E-state index is 12.6. The van der Waals surface area contributed by atoms with Crippen molar-refractivity contribution in [2.24, 2.45) is 7.05 Å². The summed E-state index contributed by atoms with van der Waals surface area (Å²) in [5, 5.41) is 2.99.